The van der Waals surface area contributed by atoms with Gasteiger partial charge in [0.05, 0.1) is 13.1 Å². The second-order valence-corrected chi connectivity index (χ2v) is 4.19. The molecule has 1 heterocycles. The first-order valence-electron chi connectivity index (χ1n) is 5.72. The molecule has 0 amide bonds. The molecule has 1 aromatic carbocycles. The molecule has 0 unspecified atom stereocenters. The van der Waals surface area contributed by atoms with Gasteiger partial charge >= 0.3 is 6.18 Å². The number of alkyl halides is 3. The van der Waals surface area contributed by atoms with E-state index in [0.717, 1.165) is 5.56 Å². The van der Waals surface area contributed by atoms with Crippen LogP contribution in [0.1, 0.15) is 11.5 Å². The highest BCUT2D eigenvalue weighted by atomic mass is 19.4. The lowest BCUT2D eigenvalue weighted by molar-refractivity contribution is -0.125. The molecular weight excluding hydrogens is 278 g/mol. The minimum atomic E-state index is -4.30. The molecular formula is C12H11F4N3O. The SMILES string of the molecule is Cc1ccc(F)cc1-c1noc(CNCC(F)(F)F)n1. The van der Waals surface area contributed by atoms with Crippen molar-refractivity contribution in [2.45, 2.75) is 19.6 Å². The van der Waals surface area contributed by atoms with Crippen LogP contribution in [0.25, 0.3) is 11.4 Å². The van der Waals surface area contributed by atoms with E-state index < -0.39 is 18.5 Å². The molecule has 0 bridgehead atoms. The van der Waals surface area contributed by atoms with Crippen LogP contribution >= 0.6 is 0 Å². The number of halogens is 4. The summed E-state index contributed by atoms with van der Waals surface area (Å²) >= 11 is 0. The average Bonchev–Trinajstić information content (AvgIpc) is 2.79. The number of hydrogen-bond donors (Lipinski definition) is 1. The second kappa shape index (κ2) is 5.58. The van der Waals surface area contributed by atoms with E-state index in [9.17, 15) is 17.6 Å². The molecule has 0 atom stereocenters. The molecule has 0 saturated heterocycles. The van der Waals surface area contributed by atoms with Gasteiger partial charge in [-0.3, -0.25) is 0 Å². The molecule has 0 radical (unpaired) electrons. The Morgan fingerprint density at radius 3 is 2.75 bits per heavy atom. The van der Waals surface area contributed by atoms with Crippen molar-refractivity contribution in [3.63, 3.8) is 0 Å². The Kier molecular flexibility index (Phi) is 4.03. The van der Waals surface area contributed by atoms with Crippen LogP contribution in [0.3, 0.4) is 0 Å². The molecule has 1 aromatic heterocycles. The maximum atomic E-state index is 13.1. The summed E-state index contributed by atoms with van der Waals surface area (Å²) in [5, 5.41) is 5.77. The van der Waals surface area contributed by atoms with E-state index in [2.05, 4.69) is 15.5 Å². The van der Waals surface area contributed by atoms with Crippen LogP contribution in [0, 0.1) is 12.7 Å². The molecule has 1 N–H and O–H groups in total. The zero-order chi connectivity index (χ0) is 14.8. The van der Waals surface area contributed by atoms with Crippen molar-refractivity contribution in [3.05, 3.63) is 35.5 Å². The molecule has 0 aliphatic rings. The Bertz CT molecular complexity index is 595. The minimum Gasteiger partial charge on any atom is -0.338 e. The summed E-state index contributed by atoms with van der Waals surface area (Å²) in [5.41, 5.74) is 1.18. The Morgan fingerprint density at radius 2 is 2.05 bits per heavy atom. The Balaban J connectivity index is 2.07. The van der Waals surface area contributed by atoms with Crippen LogP contribution in [0.4, 0.5) is 17.6 Å². The van der Waals surface area contributed by atoms with Crippen molar-refractivity contribution in [1.29, 1.82) is 0 Å². The van der Waals surface area contributed by atoms with Gasteiger partial charge in [0.25, 0.3) is 0 Å². The second-order valence-electron chi connectivity index (χ2n) is 4.19. The summed E-state index contributed by atoms with van der Waals surface area (Å²) in [5.74, 6) is -0.300. The van der Waals surface area contributed by atoms with E-state index in [-0.39, 0.29) is 18.3 Å². The molecule has 4 nitrogen and oxygen atoms in total. The van der Waals surface area contributed by atoms with Crippen molar-refractivity contribution < 1.29 is 22.1 Å². The summed E-state index contributed by atoms with van der Waals surface area (Å²) < 4.78 is 53.8. The predicted molar refractivity (Wildman–Crippen MR) is 62.2 cm³/mol. The topological polar surface area (TPSA) is 51.0 Å². The van der Waals surface area contributed by atoms with Crippen molar-refractivity contribution >= 4 is 0 Å². The van der Waals surface area contributed by atoms with Gasteiger partial charge in [-0.05, 0) is 24.6 Å². The summed E-state index contributed by atoms with van der Waals surface area (Å²) in [6.45, 7) is 0.386. The monoisotopic (exact) mass is 289 g/mol. The fraction of sp³-hybridized carbons (Fsp3) is 0.333. The third-order valence-corrected chi connectivity index (χ3v) is 2.51. The number of nitrogens with one attached hydrogen (secondary N) is 1. The molecule has 0 fully saturated rings. The van der Waals surface area contributed by atoms with E-state index in [0.29, 0.717) is 5.56 Å². The van der Waals surface area contributed by atoms with E-state index in [1.807, 2.05) is 0 Å². The zero-order valence-corrected chi connectivity index (χ0v) is 10.5. The average molecular weight is 289 g/mol. The summed E-state index contributed by atoms with van der Waals surface area (Å²) in [6, 6.07) is 4.10. The van der Waals surface area contributed by atoms with Gasteiger partial charge in [-0.2, -0.15) is 18.2 Å². The maximum Gasteiger partial charge on any atom is 0.401 e. The molecule has 20 heavy (non-hydrogen) atoms. The van der Waals surface area contributed by atoms with Crippen molar-refractivity contribution in [3.8, 4) is 11.4 Å². The van der Waals surface area contributed by atoms with Crippen molar-refractivity contribution in [2.24, 2.45) is 0 Å². The predicted octanol–water partition coefficient (Wildman–Crippen LogP) is 2.84. The molecule has 8 heteroatoms. The fourth-order valence-electron chi connectivity index (χ4n) is 1.58. The van der Waals surface area contributed by atoms with E-state index in [1.54, 1.807) is 13.0 Å². The van der Waals surface area contributed by atoms with Crippen LogP contribution in [-0.2, 0) is 6.54 Å². The van der Waals surface area contributed by atoms with Crippen LogP contribution in [-0.4, -0.2) is 22.9 Å². The van der Waals surface area contributed by atoms with Gasteiger partial charge < -0.3 is 9.84 Å². The maximum absolute atomic E-state index is 13.1. The highest BCUT2D eigenvalue weighted by Gasteiger charge is 2.26. The van der Waals surface area contributed by atoms with Gasteiger partial charge in [-0.1, -0.05) is 11.2 Å². The van der Waals surface area contributed by atoms with Gasteiger partial charge in [0.2, 0.25) is 11.7 Å². The van der Waals surface area contributed by atoms with Gasteiger partial charge in [-0.15, -0.1) is 0 Å². The Labute approximate surface area is 111 Å². The first kappa shape index (κ1) is 14.4. The molecule has 2 rings (SSSR count). The van der Waals surface area contributed by atoms with Crippen LogP contribution in [0.5, 0.6) is 0 Å². The smallest absolute Gasteiger partial charge is 0.338 e. The molecule has 108 valence electrons. The van der Waals surface area contributed by atoms with Gasteiger partial charge in [0.1, 0.15) is 5.82 Å². The van der Waals surface area contributed by atoms with E-state index >= 15 is 0 Å². The molecule has 0 aliphatic carbocycles. The number of hydrogen-bond acceptors (Lipinski definition) is 4. The highest BCUT2D eigenvalue weighted by Crippen LogP contribution is 2.21. The Morgan fingerprint density at radius 1 is 1.30 bits per heavy atom. The Hall–Kier alpha value is -1.96. The first-order valence-corrected chi connectivity index (χ1v) is 5.72. The zero-order valence-electron chi connectivity index (χ0n) is 10.5. The lowest BCUT2D eigenvalue weighted by Crippen LogP contribution is -2.28. The quantitative estimate of drug-likeness (QED) is 0.879. The van der Waals surface area contributed by atoms with Crippen molar-refractivity contribution in [2.75, 3.05) is 6.54 Å². The molecule has 0 aliphatic heterocycles. The van der Waals surface area contributed by atoms with Gasteiger partial charge in [0, 0.05) is 5.56 Å². The fourth-order valence-corrected chi connectivity index (χ4v) is 1.58. The van der Waals surface area contributed by atoms with E-state index in [4.69, 9.17) is 4.52 Å². The van der Waals surface area contributed by atoms with E-state index in [1.165, 1.54) is 12.1 Å². The lowest BCUT2D eigenvalue weighted by atomic mass is 10.1. The number of benzene rings is 1. The third-order valence-electron chi connectivity index (χ3n) is 2.51. The normalized spacial score (nSPS) is 11.8. The largest absolute Gasteiger partial charge is 0.401 e. The summed E-state index contributed by atoms with van der Waals surface area (Å²) in [6.07, 6.45) is -4.30. The number of aromatic nitrogens is 2. The molecule has 0 spiro atoms. The third kappa shape index (κ3) is 3.77. The number of nitrogens with zero attached hydrogens (tertiary/aromatic N) is 2. The number of rotatable bonds is 4. The van der Waals surface area contributed by atoms with Crippen LogP contribution < -0.4 is 5.32 Å². The molecule has 0 saturated carbocycles. The van der Waals surface area contributed by atoms with Crippen molar-refractivity contribution in [1.82, 2.24) is 15.5 Å². The number of aryl methyl sites for hydroxylation is 1. The van der Waals surface area contributed by atoms with Crippen LogP contribution in [0.15, 0.2) is 22.7 Å². The minimum absolute atomic E-state index is 0.00733. The van der Waals surface area contributed by atoms with Crippen LogP contribution in [0.2, 0.25) is 0 Å². The van der Waals surface area contributed by atoms with Gasteiger partial charge in [-0.25, -0.2) is 4.39 Å². The van der Waals surface area contributed by atoms with Gasteiger partial charge in [0.15, 0.2) is 0 Å². The summed E-state index contributed by atoms with van der Waals surface area (Å²) in [7, 11) is 0. The molecule has 2 aromatic rings. The highest BCUT2D eigenvalue weighted by molar-refractivity contribution is 5.59. The summed E-state index contributed by atoms with van der Waals surface area (Å²) in [4.78, 5) is 3.93. The first-order chi connectivity index (χ1) is 9.35. The lowest BCUT2D eigenvalue weighted by Gasteiger charge is -2.05. The standard InChI is InChI=1S/C12H11F4N3O/c1-7-2-3-8(13)4-9(7)11-18-10(20-19-11)5-17-6-12(14,15)16/h2-4,17H,5-6H2,1H3.